The topological polar surface area (TPSA) is 194 Å². The predicted octanol–water partition coefficient (Wildman–Crippen LogP) is 5.41. The normalized spacial score (nSPS) is 13.5. The van der Waals surface area contributed by atoms with Gasteiger partial charge in [0.1, 0.15) is 29.5 Å². The lowest BCUT2D eigenvalue weighted by molar-refractivity contribution is 0.0881. The largest absolute Gasteiger partial charge is 0.506 e. The highest BCUT2D eigenvalue weighted by atomic mass is 19.1. The van der Waals surface area contributed by atoms with E-state index in [2.05, 4.69) is 41.4 Å². The molecule has 14 nitrogen and oxygen atoms in total. The van der Waals surface area contributed by atoms with Crippen molar-refractivity contribution < 1.29 is 23.8 Å². The van der Waals surface area contributed by atoms with Crippen molar-refractivity contribution in [3.8, 4) is 45.9 Å². The maximum atomic E-state index is 13.9. The molecule has 7 aromatic heterocycles. The molecule has 0 saturated carbocycles. The SMILES string of the molecule is CC1(NC(=O)c2ncccc2F)CCN(c2ccc(-c3cc(O)cn4ncc(C#N)c34)cn2)CC1.N#Cc1cnn2cc(O)cc(-c3ccc(F)nc3)c12. The molecule has 0 spiro atoms. The molecule has 1 saturated heterocycles. The molecule has 0 bridgehead atoms. The third-order valence-electron chi connectivity index (χ3n) is 9.11. The number of fused-ring (bicyclic) bond motifs is 2. The van der Waals surface area contributed by atoms with Crippen LogP contribution in [0.2, 0.25) is 0 Å². The van der Waals surface area contributed by atoms with Crippen molar-refractivity contribution >= 4 is 22.8 Å². The summed E-state index contributed by atoms with van der Waals surface area (Å²) in [5.74, 6) is -0.934. The first-order valence-corrected chi connectivity index (χ1v) is 16.5. The fourth-order valence-electron chi connectivity index (χ4n) is 6.33. The fraction of sp³-hybridized carbons (Fsp3) is 0.158. The smallest absolute Gasteiger partial charge is 0.273 e. The maximum Gasteiger partial charge on any atom is 0.273 e. The average Bonchev–Trinajstić information content (AvgIpc) is 3.79. The minimum atomic E-state index is -0.642. The highest BCUT2D eigenvalue weighted by Crippen LogP contribution is 2.33. The van der Waals surface area contributed by atoms with Gasteiger partial charge in [0.2, 0.25) is 5.95 Å². The Morgan fingerprint density at radius 1 is 0.815 bits per heavy atom. The summed E-state index contributed by atoms with van der Waals surface area (Å²) in [6, 6.07) is 16.5. The van der Waals surface area contributed by atoms with E-state index < -0.39 is 23.2 Å². The van der Waals surface area contributed by atoms with Gasteiger partial charge < -0.3 is 20.4 Å². The molecule has 54 heavy (non-hydrogen) atoms. The molecule has 0 atom stereocenters. The van der Waals surface area contributed by atoms with Gasteiger partial charge in [0, 0.05) is 59.5 Å². The second-order valence-electron chi connectivity index (χ2n) is 12.8. The van der Waals surface area contributed by atoms with Crippen LogP contribution in [0, 0.1) is 34.4 Å². The first kappa shape index (κ1) is 35.0. The number of piperidine rings is 1. The molecule has 8 rings (SSSR count). The number of carbonyl (C=O) groups is 1. The molecule has 3 N–H and O–H groups in total. The predicted molar refractivity (Wildman–Crippen MR) is 191 cm³/mol. The van der Waals surface area contributed by atoms with E-state index >= 15 is 0 Å². The summed E-state index contributed by atoms with van der Waals surface area (Å²) in [6.07, 6.45) is 11.5. The molecule has 1 fully saturated rings. The number of nitrogens with one attached hydrogen (secondary N) is 1. The van der Waals surface area contributed by atoms with Crippen LogP contribution in [-0.2, 0) is 0 Å². The summed E-state index contributed by atoms with van der Waals surface area (Å²) in [6.45, 7) is 3.27. The molecule has 268 valence electrons. The average molecular weight is 726 g/mol. The molecule has 0 aromatic carbocycles. The number of anilines is 1. The van der Waals surface area contributed by atoms with Gasteiger partial charge >= 0.3 is 0 Å². The monoisotopic (exact) mass is 725 g/mol. The van der Waals surface area contributed by atoms with Crippen molar-refractivity contribution in [1.29, 1.82) is 10.5 Å². The number of halogens is 2. The molecule has 7 aromatic rings. The van der Waals surface area contributed by atoms with Gasteiger partial charge in [-0.05, 0) is 68.3 Å². The van der Waals surface area contributed by atoms with Crippen LogP contribution in [0.5, 0.6) is 11.5 Å². The highest BCUT2D eigenvalue weighted by Gasteiger charge is 2.33. The van der Waals surface area contributed by atoms with Crippen molar-refractivity contribution in [2.75, 3.05) is 18.0 Å². The van der Waals surface area contributed by atoms with E-state index in [0.717, 1.165) is 11.4 Å². The molecule has 0 radical (unpaired) electrons. The molecule has 0 unspecified atom stereocenters. The van der Waals surface area contributed by atoms with Crippen LogP contribution in [0.4, 0.5) is 14.6 Å². The molecule has 1 aliphatic heterocycles. The molecular weight excluding hydrogens is 696 g/mol. The van der Waals surface area contributed by atoms with Gasteiger partial charge in [-0.15, -0.1) is 0 Å². The summed E-state index contributed by atoms with van der Waals surface area (Å²) in [5, 5.41) is 49.3. The van der Waals surface area contributed by atoms with Crippen LogP contribution in [0.15, 0.2) is 91.9 Å². The lowest BCUT2D eigenvalue weighted by Crippen LogP contribution is -2.53. The van der Waals surface area contributed by atoms with Gasteiger partial charge in [0.05, 0.1) is 46.9 Å². The van der Waals surface area contributed by atoms with Crippen LogP contribution in [-0.4, -0.2) is 68.9 Å². The molecule has 8 heterocycles. The zero-order valence-corrected chi connectivity index (χ0v) is 28.5. The van der Waals surface area contributed by atoms with Crippen LogP contribution in [0.3, 0.4) is 0 Å². The Balaban J connectivity index is 0.000000199. The lowest BCUT2D eigenvalue weighted by Gasteiger charge is -2.40. The minimum absolute atomic E-state index is 0.000542. The van der Waals surface area contributed by atoms with E-state index in [4.69, 9.17) is 5.26 Å². The Kier molecular flexibility index (Phi) is 9.25. The zero-order valence-electron chi connectivity index (χ0n) is 28.5. The quantitative estimate of drug-likeness (QED) is 0.192. The fourth-order valence-corrected chi connectivity index (χ4v) is 6.33. The van der Waals surface area contributed by atoms with Crippen molar-refractivity contribution in [3.05, 3.63) is 120 Å². The minimum Gasteiger partial charge on any atom is -0.506 e. The first-order valence-electron chi connectivity index (χ1n) is 16.5. The third kappa shape index (κ3) is 6.91. The Morgan fingerprint density at radius 3 is 1.89 bits per heavy atom. The molecule has 16 heteroatoms. The Labute approximate surface area is 305 Å². The van der Waals surface area contributed by atoms with E-state index in [9.17, 15) is 29.1 Å². The first-order chi connectivity index (χ1) is 26.1. The number of hydrogen-bond donors (Lipinski definition) is 3. The van der Waals surface area contributed by atoms with Crippen LogP contribution < -0.4 is 10.2 Å². The number of nitrogens with zero attached hydrogens (tertiary/aromatic N) is 10. The van der Waals surface area contributed by atoms with Crippen molar-refractivity contribution in [3.63, 3.8) is 0 Å². The van der Waals surface area contributed by atoms with Crippen molar-refractivity contribution in [2.24, 2.45) is 0 Å². The van der Waals surface area contributed by atoms with Gasteiger partial charge in [0.25, 0.3) is 5.91 Å². The van der Waals surface area contributed by atoms with Gasteiger partial charge in [-0.3, -0.25) is 4.79 Å². The van der Waals surface area contributed by atoms with Gasteiger partial charge in [-0.1, -0.05) is 0 Å². The van der Waals surface area contributed by atoms with Crippen molar-refractivity contribution in [1.82, 2.24) is 39.5 Å². The number of carbonyl (C=O) groups excluding carboxylic acids is 1. The van der Waals surface area contributed by atoms with Crippen molar-refractivity contribution in [2.45, 2.75) is 25.3 Å². The number of aromatic nitrogens is 7. The molecule has 0 aliphatic carbocycles. The summed E-state index contributed by atoms with van der Waals surface area (Å²) < 4.78 is 29.7. The standard InChI is InChI=1S/C25H22FN7O2.C13H7FN4O/c1-25(31-24(35)22-20(26)3-2-8-28-22)6-9-32(10-7-25)21-5-4-16(13-29-21)19-11-18(34)15-33-23(19)17(12-27)14-30-33;14-12-2-1-8(5-16-12)11-3-10(19)7-18-13(11)9(4-15)6-17-18/h2-5,8,11,13-15,34H,6-7,9-10H2,1H3,(H,31,35);1-3,5-7,19H. The van der Waals surface area contributed by atoms with E-state index in [0.29, 0.717) is 64.8 Å². The Bertz CT molecular complexity index is 2600. The summed E-state index contributed by atoms with van der Waals surface area (Å²) in [7, 11) is 0. The zero-order chi connectivity index (χ0) is 38.0. The number of hydrogen-bond acceptors (Lipinski definition) is 11. The van der Waals surface area contributed by atoms with Crippen LogP contribution >= 0.6 is 0 Å². The molecule has 1 amide bonds. The number of aromatic hydroxyl groups is 2. The number of amides is 1. The number of rotatable bonds is 5. The van der Waals surface area contributed by atoms with Gasteiger partial charge in [0.15, 0.2) is 11.5 Å². The van der Waals surface area contributed by atoms with Gasteiger partial charge in [-0.25, -0.2) is 28.4 Å². The van der Waals surface area contributed by atoms with E-state index in [1.165, 1.54) is 76.5 Å². The van der Waals surface area contributed by atoms with E-state index in [1.807, 2.05) is 25.1 Å². The van der Waals surface area contributed by atoms with Crippen LogP contribution in [0.1, 0.15) is 41.4 Å². The van der Waals surface area contributed by atoms with Gasteiger partial charge in [-0.2, -0.15) is 25.1 Å². The number of nitriles is 2. The highest BCUT2D eigenvalue weighted by molar-refractivity contribution is 5.93. The summed E-state index contributed by atoms with van der Waals surface area (Å²) >= 11 is 0. The van der Waals surface area contributed by atoms with E-state index in [1.54, 1.807) is 12.3 Å². The number of pyridine rings is 5. The third-order valence-corrected chi connectivity index (χ3v) is 9.11. The van der Waals surface area contributed by atoms with E-state index in [-0.39, 0.29) is 17.2 Å². The lowest BCUT2D eigenvalue weighted by atomic mass is 9.89. The second-order valence-corrected chi connectivity index (χ2v) is 12.8. The maximum absolute atomic E-state index is 13.9. The molecule has 1 aliphatic rings. The second kappa shape index (κ2) is 14.3. The Hall–Kier alpha value is -7.46. The summed E-state index contributed by atoms with van der Waals surface area (Å²) in [5.41, 5.74) is 3.83. The summed E-state index contributed by atoms with van der Waals surface area (Å²) in [4.78, 5) is 26.7. The van der Waals surface area contributed by atoms with Crippen LogP contribution in [0.25, 0.3) is 33.3 Å². The molecular formula is C38H29F2N11O3. The Morgan fingerprint density at radius 2 is 1.39 bits per heavy atom.